The Kier molecular flexibility index (Phi) is 3.52. The molecule has 0 fully saturated rings. The van der Waals surface area contributed by atoms with Gasteiger partial charge in [-0.25, -0.2) is 0 Å². The van der Waals surface area contributed by atoms with Gasteiger partial charge in [0, 0.05) is 38.2 Å². The molecule has 0 aromatic heterocycles. The molecule has 0 spiro atoms. The van der Waals surface area contributed by atoms with Crippen molar-refractivity contribution < 1.29 is 31.8 Å². The lowest BCUT2D eigenvalue weighted by Crippen LogP contribution is -2.43. The second-order valence-corrected chi connectivity index (χ2v) is 6.14. The van der Waals surface area contributed by atoms with Crippen LogP contribution < -0.4 is 5.32 Å². The molecule has 1 unspecified atom stereocenters. The molecule has 2 amide bonds. The largest absolute Gasteiger partial charge is 0.385 e. The van der Waals surface area contributed by atoms with Gasteiger partial charge in [0.15, 0.2) is 5.78 Å². The van der Waals surface area contributed by atoms with Crippen molar-refractivity contribution >= 4 is 17.6 Å². The highest BCUT2D eigenvalue weighted by molar-refractivity contribution is 5.92. The van der Waals surface area contributed by atoms with Crippen LogP contribution in [0.2, 0.25) is 0 Å². The zero-order valence-corrected chi connectivity index (χ0v) is 14.8. The number of aliphatic hydroxyl groups excluding tert-OH is 1. The van der Waals surface area contributed by atoms with E-state index in [0.29, 0.717) is 4.90 Å². The average molecular weight is 370 g/mol. The normalized spacial score (nSPS) is 32.5. The Bertz CT molecular complexity index is 1020. The van der Waals surface area contributed by atoms with Gasteiger partial charge in [-0.05, 0) is 23.4 Å². The van der Waals surface area contributed by atoms with E-state index in [1.807, 2.05) is 0 Å². The van der Waals surface area contributed by atoms with Gasteiger partial charge in [-0.1, -0.05) is 45.0 Å². The van der Waals surface area contributed by atoms with Crippen LogP contribution in [0.15, 0.2) is 24.3 Å². The Morgan fingerprint density at radius 2 is 2.15 bits per heavy atom. The summed E-state index contributed by atoms with van der Waals surface area (Å²) >= 11 is 0. The molecule has 2 rings (SSSR count). The van der Waals surface area contributed by atoms with Gasteiger partial charge in [0.2, 0.25) is 11.8 Å². The minimum Gasteiger partial charge on any atom is -0.385 e. The van der Waals surface area contributed by atoms with E-state index in [1.54, 1.807) is 0 Å². The van der Waals surface area contributed by atoms with Crippen molar-refractivity contribution in [2.45, 2.75) is 45.6 Å². The molecule has 1 heterocycles. The van der Waals surface area contributed by atoms with Crippen molar-refractivity contribution in [3.63, 3.8) is 0 Å². The maximum absolute atomic E-state index is 13.1. The number of aryl methyl sites for hydroxylation is 1. The highest BCUT2D eigenvalue weighted by Gasteiger charge is 2.32. The van der Waals surface area contributed by atoms with Gasteiger partial charge < -0.3 is 15.3 Å². The van der Waals surface area contributed by atoms with Crippen LogP contribution in [0.25, 0.3) is 0 Å². The number of ketones is 1. The maximum Gasteiger partial charge on any atom is 0.249 e. The van der Waals surface area contributed by atoms with Crippen LogP contribution in [-0.2, 0) is 20.8 Å². The molecule has 1 aliphatic rings. The molecule has 0 bridgehead atoms. The molecule has 0 saturated carbocycles. The lowest BCUT2D eigenvalue weighted by Gasteiger charge is -2.24. The van der Waals surface area contributed by atoms with Gasteiger partial charge >= 0.3 is 0 Å². The van der Waals surface area contributed by atoms with E-state index in [4.69, 9.17) is 12.3 Å². The summed E-state index contributed by atoms with van der Waals surface area (Å²) in [5.74, 6) is -8.32. The van der Waals surface area contributed by atoms with E-state index in [1.165, 1.54) is 24.3 Å². The molecule has 142 valence electrons. The van der Waals surface area contributed by atoms with Crippen LogP contribution in [0.5, 0.6) is 0 Å². The number of carbonyl (C=O) groups is 3. The highest BCUT2D eigenvalue weighted by atomic mass is 16.3. The molecule has 6 nitrogen and oxygen atoms in total. The van der Waals surface area contributed by atoms with E-state index in [0.717, 1.165) is 20.9 Å². The van der Waals surface area contributed by atoms with E-state index in [-0.39, 0.29) is 11.1 Å². The predicted molar refractivity (Wildman–Crippen MR) is 98.3 cm³/mol. The summed E-state index contributed by atoms with van der Waals surface area (Å²) in [6, 6.07) is 3.93. The number of rotatable bonds is 6. The summed E-state index contributed by atoms with van der Waals surface area (Å²) < 4.78 is 71.2. The van der Waals surface area contributed by atoms with Gasteiger partial charge in [-0.2, -0.15) is 0 Å². The topological polar surface area (TPSA) is 86.7 Å². The SMILES string of the molecule is [2H]C([2H])([2H])C([2H])(C)[C@H](O)C(=O)C[C@@]([2H])(C)C(=O)N[C@@H]1C(=O)N(C)C([2H])([2H])C([2H])([2H])c2ccccc21. The smallest absolute Gasteiger partial charge is 0.249 e. The minimum atomic E-state index is -3.03. The van der Waals surface area contributed by atoms with Gasteiger partial charge in [0.25, 0.3) is 0 Å². The Hall–Kier alpha value is -2.21. The molecule has 6 heteroatoms. The van der Waals surface area contributed by atoms with Crippen molar-refractivity contribution in [1.29, 1.82) is 0 Å². The quantitative estimate of drug-likeness (QED) is 0.795. The number of aliphatic hydroxyl groups is 1. The first-order valence-corrected chi connectivity index (χ1v) is 7.99. The van der Waals surface area contributed by atoms with Gasteiger partial charge in [-0.3, -0.25) is 14.4 Å². The molecule has 1 aromatic carbocycles. The number of fused-ring (bicyclic) bond motifs is 1. The number of carbonyl (C=O) groups excluding carboxylic acids is 3. The summed E-state index contributed by atoms with van der Waals surface area (Å²) in [5, 5.41) is 12.4. The average Bonchev–Trinajstić information content (AvgIpc) is 2.77. The molecule has 1 aromatic rings. The van der Waals surface area contributed by atoms with Crippen molar-refractivity contribution in [2.75, 3.05) is 13.5 Å². The third-order valence-electron chi connectivity index (χ3n) is 4.03. The molecule has 4 atom stereocenters. The summed E-state index contributed by atoms with van der Waals surface area (Å²) in [7, 11) is 1.04. The van der Waals surface area contributed by atoms with E-state index < -0.39 is 67.7 Å². The second-order valence-electron chi connectivity index (χ2n) is 6.14. The molecule has 2 N–H and O–H groups in total. The monoisotopic (exact) mass is 369 g/mol. The van der Waals surface area contributed by atoms with Crippen LogP contribution in [0.3, 0.4) is 0 Å². The summed E-state index contributed by atoms with van der Waals surface area (Å²) in [5.41, 5.74) is -0.221. The number of likely N-dealkylation sites (N-methyl/N-ethyl adjacent to an activating group) is 1. The van der Waals surface area contributed by atoms with E-state index in [2.05, 4.69) is 5.32 Å². The summed E-state index contributed by atoms with van der Waals surface area (Å²) in [4.78, 5) is 39.1. The van der Waals surface area contributed by atoms with Crippen molar-refractivity contribution in [3.8, 4) is 0 Å². The number of amides is 2. The fourth-order valence-corrected chi connectivity index (χ4v) is 2.46. The molecule has 26 heavy (non-hydrogen) atoms. The molecule has 1 aliphatic heterocycles. The fourth-order valence-electron chi connectivity index (χ4n) is 2.46. The Morgan fingerprint density at radius 3 is 2.85 bits per heavy atom. The van der Waals surface area contributed by atoms with Gasteiger partial charge in [0.05, 0.1) is 0 Å². The maximum atomic E-state index is 13.1. The number of nitrogens with one attached hydrogen (secondary N) is 1. The number of hydrogen-bond acceptors (Lipinski definition) is 4. The van der Waals surface area contributed by atoms with Crippen molar-refractivity contribution in [1.82, 2.24) is 10.2 Å². The lowest BCUT2D eigenvalue weighted by atomic mass is 9.94. The van der Waals surface area contributed by atoms with Crippen LogP contribution in [0.1, 0.15) is 56.6 Å². The highest BCUT2D eigenvalue weighted by Crippen LogP contribution is 2.25. The van der Waals surface area contributed by atoms with Crippen LogP contribution in [0.4, 0.5) is 0 Å². The number of nitrogens with zero attached hydrogens (tertiary/aromatic N) is 1. The molecular weight excluding hydrogens is 332 g/mol. The lowest BCUT2D eigenvalue weighted by molar-refractivity contribution is -0.137. The zero-order valence-electron chi connectivity index (χ0n) is 23.8. The fraction of sp³-hybridized carbons (Fsp3) is 0.550. The number of benzene rings is 1. The minimum absolute atomic E-state index is 0.0348. The number of Topliss-reactive ketones (excluding diaryl/α,β-unsaturated/α-hetero) is 1. The first kappa shape index (κ1) is 10.8. The standard InChI is InChI=1S/C20H28N2O4/c1-12(2)18(24)16(23)11-13(3)19(25)21-17-15-8-6-5-7-14(15)9-10-22(4)20(17)26/h5-8,12-13,17-18,24H,9-11H2,1-4H3,(H,21,25)/t13-,17+,18+/m1/s1/i1D3,9D2,10D2,12D,13D/t12?,13-,17+,18+. The van der Waals surface area contributed by atoms with Crippen LogP contribution in [-0.4, -0.2) is 47.3 Å². The van der Waals surface area contributed by atoms with Gasteiger partial charge in [-0.15, -0.1) is 0 Å². The van der Waals surface area contributed by atoms with Gasteiger partial charge in [0.1, 0.15) is 12.1 Å². The first-order valence-electron chi connectivity index (χ1n) is 12.5. The third-order valence-corrected chi connectivity index (χ3v) is 4.03. The number of hydrogen-bond donors (Lipinski definition) is 2. The molecule has 0 aliphatic carbocycles. The molecule has 0 radical (unpaired) electrons. The third kappa shape index (κ3) is 4.49. The first-order chi connectivity index (χ1) is 15.6. The van der Waals surface area contributed by atoms with E-state index in [9.17, 15) is 19.5 Å². The van der Waals surface area contributed by atoms with Crippen LogP contribution >= 0.6 is 0 Å². The summed E-state index contributed by atoms with van der Waals surface area (Å²) in [6.45, 7) is -3.98. The molecular formula is C20H28N2O4. The van der Waals surface area contributed by atoms with Crippen molar-refractivity contribution in [3.05, 3.63) is 35.4 Å². The Balaban J connectivity index is 2.39. The molecule has 0 saturated heterocycles. The Morgan fingerprint density at radius 1 is 1.46 bits per heavy atom. The summed E-state index contributed by atoms with van der Waals surface area (Å²) in [6.07, 6.45) is -5.96. The Labute approximate surface area is 167 Å². The predicted octanol–water partition coefficient (Wildman–Crippen LogP) is 1.47. The van der Waals surface area contributed by atoms with E-state index >= 15 is 0 Å². The second kappa shape index (κ2) is 8.45. The van der Waals surface area contributed by atoms with Crippen molar-refractivity contribution in [2.24, 2.45) is 11.8 Å². The van der Waals surface area contributed by atoms with Crippen LogP contribution in [0, 0.1) is 11.8 Å². The zero-order chi connectivity index (χ0) is 27.4.